The molecule has 0 unspecified atom stereocenters. The Kier molecular flexibility index (Phi) is 3.40. The van der Waals surface area contributed by atoms with Gasteiger partial charge in [0.2, 0.25) is 0 Å². The molecule has 1 aromatic heterocycles. The minimum Gasteiger partial charge on any atom is -0.303 e. The predicted molar refractivity (Wildman–Crippen MR) is 46.8 cm³/mol. The summed E-state index contributed by atoms with van der Waals surface area (Å²) in [5, 5.41) is 1.19. The van der Waals surface area contributed by atoms with Gasteiger partial charge in [0, 0.05) is 11.8 Å². The summed E-state index contributed by atoms with van der Waals surface area (Å²) in [7, 11) is 0. The van der Waals surface area contributed by atoms with Crippen LogP contribution in [-0.4, -0.2) is 11.3 Å². The van der Waals surface area contributed by atoms with Crippen LogP contribution in [0.5, 0.6) is 0 Å². The van der Waals surface area contributed by atoms with Crippen molar-refractivity contribution in [3.05, 3.63) is 22.2 Å². The van der Waals surface area contributed by atoms with E-state index in [1.165, 1.54) is 12.2 Å². The summed E-state index contributed by atoms with van der Waals surface area (Å²) in [5.74, 6) is 0. The van der Waals surface area contributed by atoms with Gasteiger partial charge in [0.1, 0.15) is 11.3 Å². The minimum absolute atomic E-state index is 0.181. The molecule has 6 heteroatoms. The predicted octanol–water partition coefficient (Wildman–Crippen LogP) is 2.76. The number of carbonyl (C=O) groups excluding carboxylic acids is 1. The number of allylic oxidation sites excluding steroid dienone is 1. The normalized spacial score (nSPS) is 12.2. The van der Waals surface area contributed by atoms with Gasteiger partial charge in [-0.25, -0.2) is 4.98 Å². The fourth-order valence-electron chi connectivity index (χ4n) is 0.719. The molecule has 2 nitrogen and oxygen atoms in total. The molecule has 0 N–H and O–H groups in total. The molecule has 76 valence electrons. The molecule has 0 bridgehead atoms. The van der Waals surface area contributed by atoms with E-state index < -0.39 is 11.9 Å². The van der Waals surface area contributed by atoms with E-state index in [0.717, 1.165) is 16.7 Å². The monoisotopic (exact) mass is 221 g/mol. The highest BCUT2D eigenvalue weighted by Gasteiger charge is 2.33. The van der Waals surface area contributed by atoms with Crippen LogP contribution in [0.4, 0.5) is 13.2 Å². The zero-order chi connectivity index (χ0) is 10.6. The van der Waals surface area contributed by atoms with Crippen molar-refractivity contribution in [2.24, 2.45) is 0 Å². The molecule has 0 aliphatic rings. The average molecular weight is 221 g/mol. The van der Waals surface area contributed by atoms with Gasteiger partial charge in [-0.3, -0.25) is 0 Å². The number of aldehydes is 1. The summed E-state index contributed by atoms with van der Waals surface area (Å²) in [6, 6.07) is 0. The average Bonchev–Trinajstić information content (AvgIpc) is 2.52. The van der Waals surface area contributed by atoms with Crippen LogP contribution >= 0.6 is 11.3 Å². The Morgan fingerprint density at radius 3 is 2.71 bits per heavy atom. The highest BCUT2D eigenvalue weighted by molar-refractivity contribution is 7.10. The van der Waals surface area contributed by atoms with Crippen LogP contribution in [0.15, 0.2) is 11.5 Å². The summed E-state index contributed by atoms with van der Waals surface area (Å²) in [4.78, 5) is 13.3. The molecule has 0 amide bonds. The SMILES string of the molecule is O=CCC=Cc1nc(C(F)(F)F)cs1. The van der Waals surface area contributed by atoms with Crippen molar-refractivity contribution in [3.8, 4) is 0 Å². The lowest BCUT2D eigenvalue weighted by molar-refractivity contribution is -0.140. The first kappa shape index (κ1) is 10.9. The number of hydrogen-bond donors (Lipinski definition) is 0. The van der Waals surface area contributed by atoms with Crippen LogP contribution in [0.3, 0.4) is 0 Å². The number of thiazole rings is 1. The van der Waals surface area contributed by atoms with Gasteiger partial charge in [0.05, 0.1) is 0 Å². The van der Waals surface area contributed by atoms with Crippen LogP contribution in [0.2, 0.25) is 0 Å². The van der Waals surface area contributed by atoms with Crippen molar-refractivity contribution < 1.29 is 18.0 Å². The van der Waals surface area contributed by atoms with Gasteiger partial charge >= 0.3 is 6.18 Å². The zero-order valence-corrected chi connectivity index (χ0v) is 7.73. The first-order valence-corrected chi connectivity index (χ1v) is 4.55. The van der Waals surface area contributed by atoms with Crippen LogP contribution < -0.4 is 0 Å². The molecule has 0 atom stereocenters. The number of carbonyl (C=O) groups is 1. The van der Waals surface area contributed by atoms with E-state index in [9.17, 15) is 18.0 Å². The van der Waals surface area contributed by atoms with Crippen LogP contribution in [0.25, 0.3) is 6.08 Å². The highest BCUT2D eigenvalue weighted by atomic mass is 32.1. The summed E-state index contributed by atoms with van der Waals surface area (Å²) in [5.41, 5.74) is -0.895. The Bertz CT molecular complexity index is 343. The molecule has 0 aliphatic carbocycles. The van der Waals surface area contributed by atoms with Crippen molar-refractivity contribution in [1.29, 1.82) is 0 Å². The van der Waals surface area contributed by atoms with Crippen molar-refractivity contribution in [1.82, 2.24) is 4.98 Å². The highest BCUT2D eigenvalue weighted by Crippen LogP contribution is 2.30. The third kappa shape index (κ3) is 2.95. The lowest BCUT2D eigenvalue weighted by atomic mass is 10.4. The van der Waals surface area contributed by atoms with Gasteiger partial charge < -0.3 is 4.79 Å². The summed E-state index contributed by atoms with van der Waals surface area (Å²) < 4.78 is 36.2. The number of alkyl halides is 3. The molecule has 1 aromatic rings. The number of nitrogens with zero attached hydrogens (tertiary/aromatic N) is 1. The maximum Gasteiger partial charge on any atom is 0.434 e. The smallest absolute Gasteiger partial charge is 0.303 e. The maximum absolute atomic E-state index is 12.1. The molecule has 0 aromatic carbocycles. The van der Waals surface area contributed by atoms with Gasteiger partial charge in [-0.15, -0.1) is 11.3 Å². The van der Waals surface area contributed by atoms with Crippen LogP contribution in [0.1, 0.15) is 17.1 Å². The topological polar surface area (TPSA) is 30.0 Å². The van der Waals surface area contributed by atoms with E-state index in [1.54, 1.807) is 0 Å². The summed E-state index contributed by atoms with van der Waals surface area (Å²) in [6.45, 7) is 0. The van der Waals surface area contributed by atoms with E-state index in [0.29, 0.717) is 6.29 Å². The van der Waals surface area contributed by atoms with Gasteiger partial charge in [-0.2, -0.15) is 13.2 Å². The Labute approximate surface area is 82.1 Å². The third-order valence-electron chi connectivity index (χ3n) is 1.31. The summed E-state index contributed by atoms with van der Waals surface area (Å²) in [6.07, 6.45) is -0.691. The quantitative estimate of drug-likeness (QED) is 0.734. The van der Waals surface area contributed by atoms with E-state index >= 15 is 0 Å². The third-order valence-corrected chi connectivity index (χ3v) is 2.12. The van der Waals surface area contributed by atoms with Crippen LogP contribution in [0, 0.1) is 0 Å². The Hall–Kier alpha value is -1.17. The molecule has 0 spiro atoms. The maximum atomic E-state index is 12.1. The van der Waals surface area contributed by atoms with Crippen molar-refractivity contribution in [3.63, 3.8) is 0 Å². The molecular formula is C8H6F3NOS. The second-order valence-corrected chi connectivity index (χ2v) is 3.26. The Balaban J connectivity index is 2.73. The van der Waals surface area contributed by atoms with E-state index in [1.807, 2.05) is 0 Å². The standard InChI is InChI=1S/C8H6F3NOS/c9-8(10,11)6-5-14-7(12-6)3-1-2-4-13/h1,3-5H,2H2. The fourth-order valence-corrected chi connectivity index (χ4v) is 1.46. The number of hydrogen-bond acceptors (Lipinski definition) is 3. The van der Waals surface area contributed by atoms with Crippen LogP contribution in [-0.2, 0) is 11.0 Å². The van der Waals surface area contributed by atoms with Crippen molar-refractivity contribution >= 4 is 23.7 Å². The minimum atomic E-state index is -4.40. The van der Waals surface area contributed by atoms with Gasteiger partial charge in [-0.1, -0.05) is 6.08 Å². The molecule has 1 rings (SSSR count). The second-order valence-electron chi connectivity index (χ2n) is 2.37. The molecule has 0 saturated carbocycles. The first-order chi connectivity index (χ1) is 6.54. The number of aromatic nitrogens is 1. The fraction of sp³-hybridized carbons (Fsp3) is 0.250. The Morgan fingerprint density at radius 1 is 1.50 bits per heavy atom. The van der Waals surface area contributed by atoms with Crippen molar-refractivity contribution in [2.75, 3.05) is 0 Å². The van der Waals surface area contributed by atoms with E-state index in [2.05, 4.69) is 4.98 Å². The van der Waals surface area contributed by atoms with Gasteiger partial charge in [0.15, 0.2) is 5.69 Å². The zero-order valence-electron chi connectivity index (χ0n) is 6.91. The number of rotatable bonds is 3. The Morgan fingerprint density at radius 2 is 2.21 bits per heavy atom. The molecule has 1 heterocycles. The molecular weight excluding hydrogens is 215 g/mol. The first-order valence-electron chi connectivity index (χ1n) is 3.67. The largest absolute Gasteiger partial charge is 0.434 e. The summed E-state index contributed by atoms with van der Waals surface area (Å²) >= 11 is 0.893. The molecule has 0 fully saturated rings. The molecule has 14 heavy (non-hydrogen) atoms. The van der Waals surface area contributed by atoms with E-state index in [-0.39, 0.29) is 11.4 Å². The molecule has 0 saturated heterocycles. The van der Waals surface area contributed by atoms with Crippen molar-refractivity contribution in [2.45, 2.75) is 12.6 Å². The van der Waals surface area contributed by atoms with Gasteiger partial charge in [-0.05, 0) is 6.08 Å². The number of halogens is 3. The van der Waals surface area contributed by atoms with Gasteiger partial charge in [0.25, 0.3) is 0 Å². The second kappa shape index (κ2) is 4.36. The van der Waals surface area contributed by atoms with E-state index in [4.69, 9.17) is 0 Å². The lowest BCUT2D eigenvalue weighted by Crippen LogP contribution is -2.04. The molecule has 0 aliphatic heterocycles. The molecule has 0 radical (unpaired) electrons. The lowest BCUT2D eigenvalue weighted by Gasteiger charge is -1.98.